The van der Waals surface area contributed by atoms with Crippen molar-refractivity contribution in [2.24, 2.45) is 0 Å². The van der Waals surface area contributed by atoms with Gasteiger partial charge in [-0.3, -0.25) is 9.97 Å². The standard InChI is InChI=1S/C14H13N3O3S/c18-7-3-4-12-8-14(11-15-9-12)21(19,20)17-10-13-5-1-2-6-16-13/h1-2,5-6,8-9,11,17-18H,7,10H2. The van der Waals surface area contributed by atoms with Crippen molar-refractivity contribution in [3.05, 3.63) is 54.1 Å². The smallest absolute Gasteiger partial charge is 0.242 e. The van der Waals surface area contributed by atoms with E-state index in [1.165, 1.54) is 18.5 Å². The van der Waals surface area contributed by atoms with Gasteiger partial charge in [-0.2, -0.15) is 0 Å². The van der Waals surface area contributed by atoms with Crippen LogP contribution in [0, 0.1) is 11.8 Å². The topological polar surface area (TPSA) is 92.2 Å². The fourth-order valence-corrected chi connectivity index (χ4v) is 2.52. The molecular formula is C14H13N3O3S. The van der Waals surface area contributed by atoms with Crippen LogP contribution in [0.15, 0.2) is 47.8 Å². The minimum absolute atomic E-state index is 0.0168. The lowest BCUT2D eigenvalue weighted by molar-refractivity contribution is 0.350. The van der Waals surface area contributed by atoms with Crippen LogP contribution in [-0.2, 0) is 16.6 Å². The highest BCUT2D eigenvalue weighted by Crippen LogP contribution is 2.09. The Kier molecular flexibility index (Phi) is 5.00. The van der Waals surface area contributed by atoms with Crippen molar-refractivity contribution in [3.63, 3.8) is 0 Å². The van der Waals surface area contributed by atoms with Gasteiger partial charge < -0.3 is 5.11 Å². The SMILES string of the molecule is O=S(=O)(NCc1ccccn1)c1cncc(C#CCO)c1. The molecule has 0 atom stereocenters. The lowest BCUT2D eigenvalue weighted by Crippen LogP contribution is -2.23. The van der Waals surface area contributed by atoms with Gasteiger partial charge in [0.05, 0.1) is 12.2 Å². The molecule has 7 heteroatoms. The van der Waals surface area contributed by atoms with Gasteiger partial charge in [0.25, 0.3) is 0 Å². The summed E-state index contributed by atoms with van der Waals surface area (Å²) in [4.78, 5) is 7.90. The number of nitrogens with zero attached hydrogens (tertiary/aromatic N) is 2. The zero-order chi connectivity index (χ0) is 15.1. The molecule has 0 amide bonds. The Bertz CT molecular complexity index is 765. The Balaban J connectivity index is 2.16. The van der Waals surface area contributed by atoms with E-state index in [2.05, 4.69) is 26.5 Å². The largest absolute Gasteiger partial charge is 0.384 e. The van der Waals surface area contributed by atoms with E-state index in [0.717, 1.165) is 0 Å². The summed E-state index contributed by atoms with van der Waals surface area (Å²) in [6.07, 6.45) is 4.27. The second-order valence-corrected chi connectivity index (χ2v) is 5.78. The number of aliphatic hydroxyl groups excluding tert-OH is 1. The van der Waals surface area contributed by atoms with E-state index in [-0.39, 0.29) is 18.0 Å². The quantitative estimate of drug-likeness (QED) is 0.793. The van der Waals surface area contributed by atoms with Crippen molar-refractivity contribution >= 4 is 10.0 Å². The van der Waals surface area contributed by atoms with Gasteiger partial charge in [0.1, 0.15) is 11.5 Å². The zero-order valence-corrected chi connectivity index (χ0v) is 11.8. The summed E-state index contributed by atoms with van der Waals surface area (Å²) in [5.74, 6) is 5.05. The van der Waals surface area contributed by atoms with Crippen LogP contribution < -0.4 is 4.72 Å². The molecule has 0 unspecified atom stereocenters. The highest BCUT2D eigenvalue weighted by Gasteiger charge is 2.14. The van der Waals surface area contributed by atoms with Crippen LogP contribution in [0.25, 0.3) is 0 Å². The van der Waals surface area contributed by atoms with Gasteiger partial charge in [-0.1, -0.05) is 17.9 Å². The molecule has 108 valence electrons. The Morgan fingerprint density at radius 1 is 1.29 bits per heavy atom. The molecule has 0 saturated heterocycles. The molecule has 0 fully saturated rings. The van der Waals surface area contributed by atoms with Gasteiger partial charge in [0.2, 0.25) is 10.0 Å². The molecule has 2 rings (SSSR count). The second-order valence-electron chi connectivity index (χ2n) is 4.01. The molecule has 0 aliphatic carbocycles. The first-order valence-electron chi connectivity index (χ1n) is 6.06. The molecular weight excluding hydrogens is 290 g/mol. The molecule has 0 saturated carbocycles. The summed E-state index contributed by atoms with van der Waals surface area (Å²) < 4.78 is 26.8. The number of aliphatic hydroxyl groups is 1. The summed E-state index contributed by atoms with van der Waals surface area (Å²) in [6.45, 7) is -0.204. The summed E-state index contributed by atoms with van der Waals surface area (Å²) >= 11 is 0. The third-order valence-corrected chi connectivity index (χ3v) is 3.87. The molecule has 2 N–H and O–H groups in total. The molecule has 0 aromatic carbocycles. The first kappa shape index (κ1) is 15.1. The third-order valence-electron chi connectivity index (χ3n) is 2.50. The number of sulfonamides is 1. The highest BCUT2D eigenvalue weighted by atomic mass is 32.2. The fourth-order valence-electron chi connectivity index (χ4n) is 1.53. The van der Waals surface area contributed by atoms with Gasteiger partial charge >= 0.3 is 0 Å². The van der Waals surface area contributed by atoms with E-state index >= 15 is 0 Å². The molecule has 0 aliphatic heterocycles. The van der Waals surface area contributed by atoms with E-state index in [4.69, 9.17) is 5.11 Å². The maximum absolute atomic E-state index is 12.2. The minimum atomic E-state index is -3.69. The summed E-state index contributed by atoms with van der Waals surface area (Å²) in [6, 6.07) is 6.66. The van der Waals surface area contributed by atoms with Gasteiger partial charge in [-0.05, 0) is 18.2 Å². The van der Waals surface area contributed by atoms with Gasteiger partial charge in [-0.25, -0.2) is 13.1 Å². The van der Waals surface area contributed by atoms with Crippen molar-refractivity contribution in [2.45, 2.75) is 11.4 Å². The van der Waals surface area contributed by atoms with Crippen LogP contribution in [0.2, 0.25) is 0 Å². The predicted molar refractivity (Wildman–Crippen MR) is 76.5 cm³/mol. The molecule has 0 bridgehead atoms. The van der Waals surface area contributed by atoms with E-state index in [1.54, 1.807) is 24.4 Å². The summed E-state index contributed by atoms with van der Waals surface area (Å²) in [5.41, 5.74) is 1.04. The average molecular weight is 303 g/mol. The maximum atomic E-state index is 12.2. The number of hydrogen-bond donors (Lipinski definition) is 2. The van der Waals surface area contributed by atoms with Crippen LogP contribution in [0.5, 0.6) is 0 Å². The van der Waals surface area contributed by atoms with Crippen LogP contribution in [-0.4, -0.2) is 30.1 Å². The number of rotatable bonds is 4. The first-order chi connectivity index (χ1) is 10.1. The molecule has 0 aliphatic rings. The fraction of sp³-hybridized carbons (Fsp3) is 0.143. The van der Waals surface area contributed by atoms with Crippen molar-refractivity contribution in [1.82, 2.24) is 14.7 Å². The van der Waals surface area contributed by atoms with Gasteiger partial charge in [0, 0.05) is 24.2 Å². The van der Waals surface area contributed by atoms with Gasteiger partial charge in [0.15, 0.2) is 0 Å². The monoisotopic (exact) mass is 303 g/mol. The van der Waals surface area contributed by atoms with E-state index < -0.39 is 10.0 Å². The molecule has 2 aromatic heterocycles. The average Bonchev–Trinajstić information content (AvgIpc) is 2.52. The van der Waals surface area contributed by atoms with Crippen molar-refractivity contribution in [1.29, 1.82) is 0 Å². The number of hydrogen-bond acceptors (Lipinski definition) is 5. The van der Waals surface area contributed by atoms with Gasteiger partial charge in [-0.15, -0.1) is 0 Å². The van der Waals surface area contributed by atoms with Crippen LogP contribution in [0.1, 0.15) is 11.3 Å². The molecule has 21 heavy (non-hydrogen) atoms. The number of nitrogens with one attached hydrogen (secondary N) is 1. The summed E-state index contributed by atoms with van der Waals surface area (Å²) in [7, 11) is -3.69. The summed E-state index contributed by atoms with van der Waals surface area (Å²) in [5, 5.41) is 8.64. The number of aromatic nitrogens is 2. The molecule has 2 heterocycles. The molecule has 0 spiro atoms. The molecule has 0 radical (unpaired) electrons. The van der Waals surface area contributed by atoms with Crippen molar-refractivity contribution < 1.29 is 13.5 Å². The highest BCUT2D eigenvalue weighted by molar-refractivity contribution is 7.89. The zero-order valence-electron chi connectivity index (χ0n) is 11.0. The van der Waals surface area contributed by atoms with E-state index in [0.29, 0.717) is 11.3 Å². The van der Waals surface area contributed by atoms with Crippen LogP contribution in [0.4, 0.5) is 0 Å². The van der Waals surface area contributed by atoms with Crippen molar-refractivity contribution in [3.8, 4) is 11.8 Å². The lowest BCUT2D eigenvalue weighted by Gasteiger charge is -2.06. The Morgan fingerprint density at radius 2 is 2.14 bits per heavy atom. The Morgan fingerprint density at radius 3 is 2.86 bits per heavy atom. The van der Waals surface area contributed by atoms with E-state index in [9.17, 15) is 8.42 Å². The molecule has 2 aromatic rings. The maximum Gasteiger partial charge on any atom is 0.242 e. The van der Waals surface area contributed by atoms with Crippen LogP contribution in [0.3, 0.4) is 0 Å². The predicted octanol–water partition coefficient (Wildman–Crippen LogP) is 0.299. The third kappa shape index (κ3) is 4.36. The lowest BCUT2D eigenvalue weighted by atomic mass is 10.3. The molecule has 6 nitrogen and oxygen atoms in total. The van der Waals surface area contributed by atoms with E-state index in [1.807, 2.05) is 0 Å². The minimum Gasteiger partial charge on any atom is -0.384 e. The Labute approximate surface area is 122 Å². The number of pyridine rings is 2. The Hall–Kier alpha value is -2.27. The van der Waals surface area contributed by atoms with Crippen molar-refractivity contribution in [2.75, 3.05) is 6.61 Å². The normalized spacial score (nSPS) is 10.7. The van der Waals surface area contributed by atoms with Crippen LogP contribution >= 0.6 is 0 Å². The first-order valence-corrected chi connectivity index (χ1v) is 7.54. The second kappa shape index (κ2) is 6.95.